The van der Waals surface area contributed by atoms with Crippen LogP contribution in [0.25, 0.3) is 0 Å². The summed E-state index contributed by atoms with van der Waals surface area (Å²) >= 11 is 0. The number of hydrogen-bond acceptors (Lipinski definition) is 3. The van der Waals surface area contributed by atoms with Crippen LogP contribution in [-0.4, -0.2) is 28.1 Å². The number of nitrogens with zero attached hydrogens (tertiary/aromatic N) is 2. The van der Waals surface area contributed by atoms with Crippen LogP contribution in [0.2, 0.25) is 0 Å². The highest BCUT2D eigenvalue weighted by Crippen LogP contribution is 2.48. The molecule has 118 valence electrons. The van der Waals surface area contributed by atoms with Gasteiger partial charge in [-0.25, -0.2) is 4.79 Å². The lowest BCUT2D eigenvalue weighted by Gasteiger charge is -2.40. The van der Waals surface area contributed by atoms with Crippen molar-refractivity contribution in [1.82, 2.24) is 9.88 Å². The molecule has 0 N–H and O–H groups in total. The number of pyridine rings is 1. The van der Waals surface area contributed by atoms with Crippen LogP contribution in [0, 0.1) is 5.92 Å². The minimum Gasteiger partial charge on any atom is -0.444 e. The molecule has 0 radical (unpaired) electrons. The highest BCUT2D eigenvalue weighted by atomic mass is 16.6. The van der Waals surface area contributed by atoms with Crippen LogP contribution in [0.5, 0.6) is 0 Å². The number of likely N-dealkylation sites (tertiary alicyclic amines) is 1. The number of carbonyl (C=O) groups excluding carboxylic acids is 1. The normalized spacial score (nSPS) is 27.0. The van der Waals surface area contributed by atoms with Crippen LogP contribution in [0.3, 0.4) is 0 Å². The fourth-order valence-corrected chi connectivity index (χ4v) is 2.93. The van der Waals surface area contributed by atoms with E-state index >= 15 is 0 Å². The number of amides is 1. The van der Waals surface area contributed by atoms with E-state index < -0.39 is 5.60 Å². The van der Waals surface area contributed by atoms with E-state index in [-0.39, 0.29) is 12.1 Å². The van der Waals surface area contributed by atoms with Crippen LogP contribution in [0.4, 0.5) is 4.79 Å². The molecule has 4 nitrogen and oxygen atoms in total. The average Bonchev–Trinajstić information content (AvgIpc) is 3.15. The first kappa shape index (κ1) is 15.1. The van der Waals surface area contributed by atoms with Gasteiger partial charge in [-0.05, 0) is 57.1 Å². The summed E-state index contributed by atoms with van der Waals surface area (Å²) in [5.41, 5.74) is 1.77. The monoisotopic (exact) mass is 300 g/mol. The topological polar surface area (TPSA) is 42.4 Å². The zero-order chi connectivity index (χ0) is 15.9. The van der Waals surface area contributed by atoms with Gasteiger partial charge in [-0.2, -0.15) is 0 Å². The second kappa shape index (κ2) is 5.41. The van der Waals surface area contributed by atoms with E-state index in [2.05, 4.69) is 23.7 Å². The van der Waals surface area contributed by atoms with E-state index in [4.69, 9.17) is 4.74 Å². The third kappa shape index (κ3) is 3.01. The Kier molecular flexibility index (Phi) is 3.71. The summed E-state index contributed by atoms with van der Waals surface area (Å²) < 4.78 is 5.44. The summed E-state index contributed by atoms with van der Waals surface area (Å²) in [5, 5.41) is 0. The minimum absolute atomic E-state index is 0.0540. The van der Waals surface area contributed by atoms with Gasteiger partial charge in [0.2, 0.25) is 0 Å². The highest BCUT2D eigenvalue weighted by Gasteiger charge is 2.38. The summed E-state index contributed by atoms with van der Waals surface area (Å²) in [6.45, 7) is 10.2. The fourth-order valence-electron chi connectivity index (χ4n) is 2.93. The molecule has 0 aromatic carbocycles. The van der Waals surface area contributed by atoms with E-state index in [0.717, 1.165) is 18.7 Å². The third-order valence-electron chi connectivity index (χ3n) is 4.37. The molecule has 1 saturated carbocycles. The first-order valence-corrected chi connectivity index (χ1v) is 7.97. The summed E-state index contributed by atoms with van der Waals surface area (Å²) in [6, 6.07) is 4.25. The number of rotatable bonds is 3. The number of allylic oxidation sites excluding steroid dienone is 1. The van der Waals surface area contributed by atoms with Gasteiger partial charge in [0.05, 0.1) is 11.7 Å². The van der Waals surface area contributed by atoms with Gasteiger partial charge in [0.1, 0.15) is 5.60 Å². The molecule has 1 aliphatic heterocycles. The van der Waals surface area contributed by atoms with Crippen molar-refractivity contribution in [2.45, 2.75) is 51.2 Å². The van der Waals surface area contributed by atoms with Gasteiger partial charge >= 0.3 is 6.09 Å². The Morgan fingerprint density at radius 1 is 1.45 bits per heavy atom. The van der Waals surface area contributed by atoms with Crippen molar-refractivity contribution in [3.63, 3.8) is 0 Å². The second-order valence-corrected chi connectivity index (χ2v) is 7.24. The molecule has 0 spiro atoms. The molecule has 2 fully saturated rings. The van der Waals surface area contributed by atoms with Crippen LogP contribution in [0.15, 0.2) is 31.0 Å². The molecule has 2 heterocycles. The fraction of sp³-hybridized carbons (Fsp3) is 0.556. The van der Waals surface area contributed by atoms with Crippen molar-refractivity contribution in [2.75, 3.05) is 6.54 Å². The Morgan fingerprint density at radius 2 is 2.23 bits per heavy atom. The zero-order valence-electron chi connectivity index (χ0n) is 13.6. The standard InChI is InChI=1S/C18H24N2O2/c1-5-12-10-14(12)13-6-7-15(19-11-13)16-8-9-20(16)17(21)22-18(2,3)4/h5-7,11-12,14,16H,1,8-10H2,2-4H3/t12-,14-,16+/m1/s1. The summed E-state index contributed by atoms with van der Waals surface area (Å²) in [5.74, 6) is 1.19. The molecular formula is C18H24N2O2. The van der Waals surface area contributed by atoms with E-state index in [1.54, 1.807) is 4.90 Å². The van der Waals surface area contributed by atoms with Crippen LogP contribution in [-0.2, 0) is 4.74 Å². The van der Waals surface area contributed by atoms with Gasteiger partial charge in [-0.15, -0.1) is 6.58 Å². The molecule has 1 amide bonds. The molecule has 22 heavy (non-hydrogen) atoms. The largest absolute Gasteiger partial charge is 0.444 e. The molecule has 4 heteroatoms. The zero-order valence-corrected chi connectivity index (χ0v) is 13.6. The van der Waals surface area contributed by atoms with Gasteiger partial charge in [0.25, 0.3) is 0 Å². The van der Waals surface area contributed by atoms with Crippen molar-refractivity contribution in [1.29, 1.82) is 0 Å². The Labute approximate surface area is 132 Å². The first-order chi connectivity index (χ1) is 10.4. The molecule has 1 saturated heterocycles. The predicted molar refractivity (Wildman–Crippen MR) is 85.6 cm³/mol. The van der Waals surface area contributed by atoms with E-state index in [0.29, 0.717) is 11.8 Å². The molecular weight excluding hydrogens is 276 g/mol. The Morgan fingerprint density at radius 3 is 2.68 bits per heavy atom. The SMILES string of the molecule is C=C[C@@H]1C[C@H]1c1ccc([C@@H]2CCN2C(=O)OC(C)(C)C)nc1. The average molecular weight is 300 g/mol. The number of aromatic nitrogens is 1. The van der Waals surface area contributed by atoms with Gasteiger partial charge < -0.3 is 4.74 Å². The van der Waals surface area contributed by atoms with Gasteiger partial charge in [-0.1, -0.05) is 12.1 Å². The van der Waals surface area contributed by atoms with Crippen molar-refractivity contribution in [3.05, 3.63) is 42.2 Å². The maximum absolute atomic E-state index is 12.2. The van der Waals surface area contributed by atoms with E-state index in [1.807, 2.05) is 33.0 Å². The predicted octanol–water partition coefficient (Wildman–Crippen LogP) is 4.05. The maximum Gasteiger partial charge on any atom is 0.410 e. The second-order valence-electron chi connectivity index (χ2n) is 7.24. The van der Waals surface area contributed by atoms with E-state index in [9.17, 15) is 4.79 Å². The third-order valence-corrected chi connectivity index (χ3v) is 4.37. The number of hydrogen-bond donors (Lipinski definition) is 0. The van der Waals surface area contributed by atoms with Gasteiger partial charge in [0, 0.05) is 12.7 Å². The van der Waals surface area contributed by atoms with Crippen LogP contribution < -0.4 is 0 Å². The number of carbonyl (C=O) groups is 1. The maximum atomic E-state index is 12.2. The molecule has 0 unspecified atom stereocenters. The van der Waals surface area contributed by atoms with Crippen molar-refractivity contribution < 1.29 is 9.53 Å². The quantitative estimate of drug-likeness (QED) is 0.791. The molecule has 1 aromatic heterocycles. The molecule has 0 bridgehead atoms. The Hall–Kier alpha value is -1.84. The molecule has 3 atom stereocenters. The highest BCUT2D eigenvalue weighted by molar-refractivity contribution is 5.69. The summed E-state index contributed by atoms with van der Waals surface area (Å²) in [7, 11) is 0. The Balaban J connectivity index is 1.64. The molecule has 1 aromatic rings. The van der Waals surface area contributed by atoms with Gasteiger partial charge in [-0.3, -0.25) is 9.88 Å². The van der Waals surface area contributed by atoms with E-state index in [1.165, 1.54) is 12.0 Å². The van der Waals surface area contributed by atoms with Crippen LogP contribution >= 0.6 is 0 Å². The molecule has 2 aliphatic rings. The Bertz CT molecular complexity index is 574. The van der Waals surface area contributed by atoms with Crippen molar-refractivity contribution in [2.24, 2.45) is 5.92 Å². The lowest BCUT2D eigenvalue weighted by atomic mass is 9.99. The van der Waals surface area contributed by atoms with Crippen LogP contribution in [0.1, 0.15) is 56.8 Å². The molecule has 1 aliphatic carbocycles. The summed E-state index contributed by atoms with van der Waals surface area (Å²) in [4.78, 5) is 18.5. The smallest absolute Gasteiger partial charge is 0.410 e. The number of ether oxygens (including phenoxy) is 1. The van der Waals surface area contributed by atoms with Crippen molar-refractivity contribution in [3.8, 4) is 0 Å². The first-order valence-electron chi connectivity index (χ1n) is 7.97. The van der Waals surface area contributed by atoms with Gasteiger partial charge in [0.15, 0.2) is 0 Å². The summed E-state index contributed by atoms with van der Waals surface area (Å²) in [6.07, 6.45) is 5.86. The van der Waals surface area contributed by atoms with Crippen molar-refractivity contribution >= 4 is 6.09 Å². The lowest BCUT2D eigenvalue weighted by molar-refractivity contribution is -0.00652. The minimum atomic E-state index is -0.458. The lowest BCUT2D eigenvalue weighted by Crippen LogP contribution is -2.47. The molecule has 3 rings (SSSR count).